The van der Waals surface area contributed by atoms with E-state index in [0.717, 1.165) is 16.7 Å². The van der Waals surface area contributed by atoms with E-state index in [0.29, 0.717) is 21.7 Å². The van der Waals surface area contributed by atoms with Crippen LogP contribution in [0.2, 0.25) is 0 Å². The highest BCUT2D eigenvalue weighted by atomic mass is 32.1. The summed E-state index contributed by atoms with van der Waals surface area (Å²) >= 11 is 1.36. The minimum Gasteiger partial charge on any atom is -0.450 e. The average Bonchev–Trinajstić information content (AvgIpc) is 3.30. The van der Waals surface area contributed by atoms with Crippen LogP contribution in [0.25, 0.3) is 11.0 Å². The van der Waals surface area contributed by atoms with Gasteiger partial charge in [0.25, 0.3) is 5.91 Å². The quantitative estimate of drug-likeness (QED) is 0.503. The topological polar surface area (TPSA) is 63.4 Å². The molecule has 5 rings (SSSR count). The molecular formula is C22H16N2O3S. The van der Waals surface area contributed by atoms with E-state index in [4.69, 9.17) is 4.42 Å². The molecule has 1 aliphatic rings. The van der Waals surface area contributed by atoms with Crippen LogP contribution in [0, 0.1) is 13.8 Å². The molecular weight excluding hydrogens is 372 g/mol. The highest BCUT2D eigenvalue weighted by Gasteiger charge is 2.44. The predicted molar refractivity (Wildman–Crippen MR) is 109 cm³/mol. The van der Waals surface area contributed by atoms with Crippen molar-refractivity contribution in [1.29, 1.82) is 0 Å². The van der Waals surface area contributed by atoms with Crippen molar-refractivity contribution >= 4 is 33.3 Å². The minimum atomic E-state index is -0.560. The molecule has 5 nitrogen and oxygen atoms in total. The molecule has 1 atom stereocenters. The van der Waals surface area contributed by atoms with Gasteiger partial charge in [0.2, 0.25) is 5.76 Å². The number of nitrogens with zero attached hydrogens (tertiary/aromatic N) is 2. The monoisotopic (exact) mass is 388 g/mol. The van der Waals surface area contributed by atoms with E-state index in [-0.39, 0.29) is 17.1 Å². The lowest BCUT2D eigenvalue weighted by molar-refractivity contribution is 0.0971. The second kappa shape index (κ2) is 6.14. The Labute approximate surface area is 164 Å². The SMILES string of the molecule is Cc1ccc(C2c3c(oc4ccc(C)cc4c3=O)C(=O)N2c2nccs2)cc1. The Bertz CT molecular complexity index is 1270. The standard InChI is InChI=1S/C22H16N2O3S/c1-12-3-6-14(7-4-12)18-17-19(25)15-11-13(2)5-8-16(15)27-20(17)21(26)24(18)22-23-9-10-28-22/h3-11,18H,1-2H3. The van der Waals surface area contributed by atoms with Crippen LogP contribution in [0.3, 0.4) is 0 Å². The van der Waals surface area contributed by atoms with Crippen LogP contribution in [0.1, 0.15) is 38.9 Å². The minimum absolute atomic E-state index is 0.0992. The summed E-state index contributed by atoms with van der Waals surface area (Å²) in [6.45, 7) is 3.93. The molecule has 138 valence electrons. The molecule has 2 aromatic heterocycles. The van der Waals surface area contributed by atoms with Gasteiger partial charge in [-0.15, -0.1) is 11.3 Å². The Morgan fingerprint density at radius 2 is 1.79 bits per heavy atom. The highest BCUT2D eigenvalue weighted by Crippen LogP contribution is 2.41. The van der Waals surface area contributed by atoms with E-state index in [2.05, 4.69) is 4.98 Å². The average molecular weight is 388 g/mol. The van der Waals surface area contributed by atoms with Crippen LogP contribution in [-0.2, 0) is 0 Å². The number of carbonyl (C=O) groups is 1. The zero-order chi connectivity index (χ0) is 19.4. The first-order valence-corrected chi connectivity index (χ1v) is 9.79. The van der Waals surface area contributed by atoms with Crippen LogP contribution in [-0.4, -0.2) is 10.9 Å². The van der Waals surface area contributed by atoms with Gasteiger partial charge in [-0.1, -0.05) is 41.5 Å². The third-order valence-electron chi connectivity index (χ3n) is 5.04. The lowest BCUT2D eigenvalue weighted by atomic mass is 9.97. The van der Waals surface area contributed by atoms with Gasteiger partial charge in [-0.05, 0) is 31.5 Å². The first-order valence-electron chi connectivity index (χ1n) is 8.91. The predicted octanol–water partition coefficient (Wildman–Crippen LogP) is 4.62. The van der Waals surface area contributed by atoms with Crippen molar-refractivity contribution in [2.75, 3.05) is 4.90 Å². The van der Waals surface area contributed by atoms with Crippen molar-refractivity contribution in [1.82, 2.24) is 4.98 Å². The van der Waals surface area contributed by atoms with Crippen molar-refractivity contribution in [2.24, 2.45) is 0 Å². The fourth-order valence-corrected chi connectivity index (χ4v) is 4.35. The van der Waals surface area contributed by atoms with Gasteiger partial charge in [0.05, 0.1) is 17.0 Å². The number of hydrogen-bond acceptors (Lipinski definition) is 5. The van der Waals surface area contributed by atoms with Crippen molar-refractivity contribution in [3.63, 3.8) is 0 Å². The first kappa shape index (κ1) is 16.9. The maximum Gasteiger partial charge on any atom is 0.297 e. The number of anilines is 1. The molecule has 4 aromatic rings. The Hall–Kier alpha value is -3.25. The van der Waals surface area contributed by atoms with E-state index >= 15 is 0 Å². The molecule has 2 aromatic carbocycles. The molecule has 0 saturated heterocycles. The molecule has 0 aliphatic carbocycles. The van der Waals surface area contributed by atoms with Crippen molar-refractivity contribution in [3.8, 4) is 0 Å². The number of amides is 1. The summed E-state index contributed by atoms with van der Waals surface area (Å²) in [6.07, 6.45) is 1.65. The summed E-state index contributed by atoms with van der Waals surface area (Å²) in [4.78, 5) is 32.6. The second-order valence-electron chi connectivity index (χ2n) is 6.98. The summed E-state index contributed by atoms with van der Waals surface area (Å²) < 4.78 is 5.94. The summed E-state index contributed by atoms with van der Waals surface area (Å²) in [5, 5.41) is 2.85. The first-order chi connectivity index (χ1) is 13.5. The molecule has 1 amide bonds. The number of aryl methyl sites for hydroxylation is 2. The third kappa shape index (κ3) is 2.42. The van der Waals surface area contributed by atoms with Gasteiger partial charge >= 0.3 is 0 Å². The summed E-state index contributed by atoms with van der Waals surface area (Å²) in [5.41, 5.74) is 3.56. The van der Waals surface area contributed by atoms with E-state index in [1.54, 1.807) is 17.2 Å². The summed E-state index contributed by atoms with van der Waals surface area (Å²) in [7, 11) is 0. The zero-order valence-corrected chi connectivity index (χ0v) is 16.1. The van der Waals surface area contributed by atoms with Gasteiger partial charge in [0.15, 0.2) is 10.6 Å². The Morgan fingerprint density at radius 1 is 1.04 bits per heavy atom. The molecule has 0 fully saturated rings. The van der Waals surface area contributed by atoms with Gasteiger partial charge in [0.1, 0.15) is 5.58 Å². The largest absolute Gasteiger partial charge is 0.450 e. The molecule has 1 aliphatic heterocycles. The van der Waals surface area contributed by atoms with Gasteiger partial charge in [-0.3, -0.25) is 14.5 Å². The number of thiazole rings is 1. The molecule has 3 heterocycles. The smallest absolute Gasteiger partial charge is 0.297 e. The van der Waals surface area contributed by atoms with Gasteiger partial charge in [-0.2, -0.15) is 0 Å². The normalized spacial score (nSPS) is 16.0. The number of carbonyl (C=O) groups excluding carboxylic acids is 1. The number of hydrogen-bond donors (Lipinski definition) is 0. The Kier molecular flexibility index (Phi) is 3.70. The van der Waals surface area contributed by atoms with Crippen LogP contribution in [0.15, 0.2) is 63.3 Å². The molecule has 0 N–H and O–H groups in total. The number of aromatic nitrogens is 1. The van der Waals surface area contributed by atoms with E-state index in [1.165, 1.54) is 11.3 Å². The molecule has 0 radical (unpaired) electrons. The summed E-state index contributed by atoms with van der Waals surface area (Å²) in [5.74, 6) is -0.239. The zero-order valence-electron chi connectivity index (χ0n) is 15.3. The molecule has 0 saturated carbocycles. The lowest BCUT2D eigenvalue weighted by Crippen LogP contribution is -2.29. The van der Waals surface area contributed by atoms with Crippen LogP contribution in [0.4, 0.5) is 5.13 Å². The third-order valence-corrected chi connectivity index (χ3v) is 5.81. The second-order valence-corrected chi connectivity index (χ2v) is 7.85. The van der Waals surface area contributed by atoms with Crippen LogP contribution >= 0.6 is 11.3 Å². The van der Waals surface area contributed by atoms with Crippen molar-refractivity contribution < 1.29 is 9.21 Å². The van der Waals surface area contributed by atoms with Crippen molar-refractivity contribution in [2.45, 2.75) is 19.9 Å². The lowest BCUT2D eigenvalue weighted by Gasteiger charge is -2.22. The fourth-order valence-electron chi connectivity index (χ4n) is 3.68. The maximum atomic E-state index is 13.4. The van der Waals surface area contributed by atoms with Crippen LogP contribution in [0.5, 0.6) is 0 Å². The van der Waals surface area contributed by atoms with Gasteiger partial charge in [-0.25, -0.2) is 4.98 Å². The number of rotatable bonds is 2. The van der Waals surface area contributed by atoms with E-state index in [1.807, 2.05) is 55.6 Å². The fraction of sp³-hybridized carbons (Fsp3) is 0.136. The van der Waals surface area contributed by atoms with Gasteiger partial charge < -0.3 is 4.42 Å². The molecule has 6 heteroatoms. The van der Waals surface area contributed by atoms with Gasteiger partial charge in [0, 0.05) is 11.6 Å². The molecule has 1 unspecified atom stereocenters. The Morgan fingerprint density at radius 3 is 2.50 bits per heavy atom. The van der Waals surface area contributed by atoms with E-state index in [9.17, 15) is 9.59 Å². The number of benzene rings is 2. The molecule has 28 heavy (non-hydrogen) atoms. The molecule has 0 spiro atoms. The maximum absolute atomic E-state index is 13.4. The van der Waals surface area contributed by atoms with Crippen molar-refractivity contribution in [3.05, 3.63) is 92.3 Å². The number of fused-ring (bicyclic) bond motifs is 2. The highest BCUT2D eigenvalue weighted by molar-refractivity contribution is 7.13. The molecule has 0 bridgehead atoms. The van der Waals surface area contributed by atoms with Crippen LogP contribution < -0.4 is 10.3 Å². The Balaban J connectivity index is 1.83. The summed E-state index contributed by atoms with van der Waals surface area (Å²) in [6, 6.07) is 12.7. The van der Waals surface area contributed by atoms with E-state index < -0.39 is 6.04 Å².